The monoisotopic (exact) mass is 1030 g/mol. The summed E-state index contributed by atoms with van der Waals surface area (Å²) in [6, 6.07) is 21.4. The largest absolute Gasteiger partial charge is 0.389 e. The van der Waals surface area contributed by atoms with Crippen LogP contribution >= 0.6 is 0 Å². The van der Waals surface area contributed by atoms with E-state index in [1.54, 1.807) is 0 Å². The molecule has 6 heterocycles. The molecule has 2 aromatic rings. The Morgan fingerprint density at radius 3 is 0.880 bits per heavy atom. The van der Waals surface area contributed by atoms with Crippen molar-refractivity contribution in [3.05, 3.63) is 70.8 Å². The van der Waals surface area contributed by atoms with Gasteiger partial charge in [-0.25, -0.2) is 0 Å². The number of nitrogens with zero attached hydrogens (tertiary/aromatic N) is 3. The highest BCUT2D eigenvalue weighted by atomic mass is 16.3. The average molecular weight is 1030 g/mol. The summed E-state index contributed by atoms with van der Waals surface area (Å²) >= 11 is 0. The van der Waals surface area contributed by atoms with E-state index in [-0.39, 0.29) is 11.2 Å². The highest BCUT2D eigenvalue weighted by Gasteiger charge is 2.50. The minimum absolute atomic E-state index is 0.318. The van der Waals surface area contributed by atoms with E-state index in [1.807, 2.05) is 0 Å². The molecule has 9 atom stereocenters. The standard InChI is InChI=1S/C25H33NO.C23H41NO.C21H37NO/c1-18-9-4-6-13-23(18)25(27,24-14-7-5-10-19(24)2)17-20-15-21-11-8-12-22(16-20)26(21)3;1-24-21-13-8-14-22(24)16-18(15-21)17-23(25,19-9-4-2-5-10-19)20-11-6-3-7-12-20;1-22-19-11-6-12-20(22)14-16(13-19)15-21(23,17-7-2-3-8-17)18-9-4-5-10-18/h4-7,9-10,13-14,20-22,27H,8,11-12,15-17H2,1-3H3;18-22,25H,2-17H2,1H3;16-20,23H,2-15H2,1H3/t20?,21-,22+;18?,21-,22+;16?,19-,20+. The molecule has 6 nitrogen and oxygen atoms in total. The molecule has 4 saturated carbocycles. The topological polar surface area (TPSA) is 70.4 Å². The Bertz CT molecular complexity index is 1940. The number of rotatable bonds is 12. The first kappa shape index (κ1) is 56.5. The number of benzene rings is 2. The summed E-state index contributed by atoms with van der Waals surface area (Å²) in [6.45, 7) is 4.25. The van der Waals surface area contributed by atoms with Crippen molar-refractivity contribution in [1.29, 1.82) is 0 Å². The molecule has 0 amide bonds. The molecule has 10 fully saturated rings. The van der Waals surface area contributed by atoms with Gasteiger partial charge in [0.1, 0.15) is 5.60 Å². The molecular weight excluding hydrogens is 919 g/mol. The van der Waals surface area contributed by atoms with Gasteiger partial charge in [0.2, 0.25) is 0 Å². The molecule has 420 valence electrons. The fourth-order valence-corrected chi connectivity index (χ4v) is 19.9. The summed E-state index contributed by atoms with van der Waals surface area (Å²) in [6.07, 6.45) is 47.4. The van der Waals surface area contributed by atoms with Gasteiger partial charge in [-0.1, -0.05) is 132 Å². The van der Waals surface area contributed by atoms with Gasteiger partial charge in [-0.3, -0.25) is 0 Å². The Kier molecular flexibility index (Phi) is 19.1. The van der Waals surface area contributed by atoms with E-state index < -0.39 is 5.60 Å². The van der Waals surface area contributed by atoms with Crippen LogP contribution in [-0.2, 0) is 5.60 Å². The molecule has 4 aliphatic carbocycles. The van der Waals surface area contributed by atoms with Crippen molar-refractivity contribution in [3.8, 4) is 0 Å². The van der Waals surface area contributed by atoms with E-state index in [0.29, 0.717) is 41.7 Å². The van der Waals surface area contributed by atoms with Gasteiger partial charge in [0.15, 0.2) is 0 Å². The molecule has 75 heavy (non-hydrogen) atoms. The molecule has 0 aromatic heterocycles. The molecule has 6 bridgehead atoms. The molecule has 6 saturated heterocycles. The molecule has 3 unspecified atom stereocenters. The summed E-state index contributed by atoms with van der Waals surface area (Å²) in [5.74, 6) is 4.57. The van der Waals surface area contributed by atoms with Gasteiger partial charge >= 0.3 is 0 Å². The van der Waals surface area contributed by atoms with Gasteiger partial charge in [-0.15, -0.1) is 0 Å². The summed E-state index contributed by atoms with van der Waals surface area (Å²) < 4.78 is 0. The van der Waals surface area contributed by atoms with Crippen LogP contribution in [0.2, 0.25) is 0 Å². The van der Waals surface area contributed by atoms with Gasteiger partial charge in [0.25, 0.3) is 0 Å². The maximum Gasteiger partial charge on any atom is 0.115 e. The zero-order chi connectivity index (χ0) is 52.2. The first-order valence-electron chi connectivity index (χ1n) is 32.8. The Morgan fingerprint density at radius 2 is 0.600 bits per heavy atom. The maximum absolute atomic E-state index is 12.2. The molecule has 10 aliphatic rings. The summed E-state index contributed by atoms with van der Waals surface area (Å²) in [7, 11) is 7.02. The van der Waals surface area contributed by atoms with E-state index in [9.17, 15) is 15.3 Å². The lowest BCUT2D eigenvalue weighted by atomic mass is 9.61. The van der Waals surface area contributed by atoms with Crippen LogP contribution in [0.25, 0.3) is 0 Å². The quantitative estimate of drug-likeness (QED) is 0.197. The predicted octanol–water partition coefficient (Wildman–Crippen LogP) is 15.5. The normalized spacial score (nSPS) is 33.1. The molecule has 6 aliphatic heterocycles. The highest BCUT2D eigenvalue weighted by molar-refractivity contribution is 5.44. The van der Waals surface area contributed by atoms with Crippen LogP contribution in [0.15, 0.2) is 48.5 Å². The van der Waals surface area contributed by atoms with E-state index >= 15 is 0 Å². The Balaban J connectivity index is 0.000000129. The number of hydrogen-bond acceptors (Lipinski definition) is 6. The number of piperidine rings is 6. The number of aryl methyl sites for hydroxylation is 2. The Morgan fingerprint density at radius 1 is 0.347 bits per heavy atom. The number of fused-ring (bicyclic) bond motifs is 6. The Hall–Kier alpha value is -1.80. The lowest BCUT2D eigenvalue weighted by molar-refractivity contribution is -0.117. The van der Waals surface area contributed by atoms with E-state index in [2.05, 4.69) is 98.2 Å². The minimum Gasteiger partial charge on any atom is -0.389 e. The molecular formula is C69H111N3O3. The number of hydrogen-bond donors (Lipinski definition) is 3. The van der Waals surface area contributed by atoms with Gasteiger partial charge < -0.3 is 30.0 Å². The van der Waals surface area contributed by atoms with Gasteiger partial charge in [0, 0.05) is 36.3 Å². The van der Waals surface area contributed by atoms with Crippen molar-refractivity contribution in [2.24, 2.45) is 41.4 Å². The van der Waals surface area contributed by atoms with Crippen molar-refractivity contribution in [2.45, 2.75) is 298 Å². The van der Waals surface area contributed by atoms with E-state index in [0.717, 1.165) is 66.4 Å². The molecule has 6 heteroatoms. The third-order valence-corrected chi connectivity index (χ3v) is 24.1. The molecule has 0 spiro atoms. The zero-order valence-corrected chi connectivity index (χ0v) is 48.8. The van der Waals surface area contributed by atoms with Gasteiger partial charge in [-0.2, -0.15) is 0 Å². The second kappa shape index (κ2) is 25.3. The first-order valence-corrected chi connectivity index (χ1v) is 32.8. The van der Waals surface area contributed by atoms with Crippen LogP contribution in [0.4, 0.5) is 0 Å². The van der Waals surface area contributed by atoms with E-state index in [1.165, 1.54) is 223 Å². The number of aliphatic hydroxyl groups is 3. The maximum atomic E-state index is 12.2. The van der Waals surface area contributed by atoms with Crippen LogP contribution in [0.5, 0.6) is 0 Å². The third-order valence-electron chi connectivity index (χ3n) is 24.1. The average Bonchev–Trinajstić information content (AvgIpc) is 4.17. The fourth-order valence-electron chi connectivity index (χ4n) is 19.9. The smallest absolute Gasteiger partial charge is 0.115 e. The van der Waals surface area contributed by atoms with Gasteiger partial charge in [0.05, 0.1) is 11.2 Å². The fraction of sp³-hybridized carbons (Fsp3) is 0.826. The first-order chi connectivity index (χ1) is 36.3. The molecule has 0 radical (unpaired) electrons. The van der Waals surface area contributed by atoms with Crippen LogP contribution in [0, 0.1) is 55.3 Å². The second-order valence-electron chi connectivity index (χ2n) is 28.4. The SMILES string of the molecule is CN1[C@@H]2CCC[C@H]1CC(CC(O)(C1CCCC1)C1CCCC1)C2.CN1[C@@H]2CCC[C@H]1CC(CC(O)(C1CCCCC1)C1CCCCC1)C2.Cc1ccccc1C(O)(CC1C[C@H]2CCC[C@@H](C1)N2C)c1ccccc1C. The summed E-state index contributed by atoms with van der Waals surface area (Å²) in [5, 5.41) is 36.2. The predicted molar refractivity (Wildman–Crippen MR) is 312 cm³/mol. The minimum atomic E-state index is -0.911. The lowest BCUT2D eigenvalue weighted by Gasteiger charge is -2.51. The van der Waals surface area contributed by atoms with Crippen molar-refractivity contribution < 1.29 is 15.3 Å². The molecule has 2 aromatic carbocycles. The molecule has 3 N–H and O–H groups in total. The zero-order valence-electron chi connectivity index (χ0n) is 48.8. The summed E-state index contributed by atoms with van der Waals surface area (Å²) in [4.78, 5) is 7.96. The third kappa shape index (κ3) is 12.7. The van der Waals surface area contributed by atoms with Crippen LogP contribution in [0.3, 0.4) is 0 Å². The van der Waals surface area contributed by atoms with E-state index in [4.69, 9.17) is 0 Å². The van der Waals surface area contributed by atoms with Crippen molar-refractivity contribution >= 4 is 0 Å². The van der Waals surface area contributed by atoms with Crippen molar-refractivity contribution in [3.63, 3.8) is 0 Å². The van der Waals surface area contributed by atoms with Crippen LogP contribution in [-0.4, -0.2) is 98.6 Å². The van der Waals surface area contributed by atoms with Gasteiger partial charge in [-0.05, 0) is 246 Å². The highest BCUT2D eigenvalue weighted by Crippen LogP contribution is 2.52. The van der Waals surface area contributed by atoms with Crippen LogP contribution in [0.1, 0.15) is 253 Å². The summed E-state index contributed by atoms with van der Waals surface area (Å²) in [5.41, 5.74) is 2.93. The lowest BCUT2D eigenvalue weighted by Crippen LogP contribution is -2.53. The van der Waals surface area contributed by atoms with Crippen LogP contribution < -0.4 is 0 Å². The Labute approximate surface area is 459 Å². The second-order valence-corrected chi connectivity index (χ2v) is 28.4. The van der Waals surface area contributed by atoms with Crippen molar-refractivity contribution in [1.82, 2.24) is 14.7 Å². The van der Waals surface area contributed by atoms with Crippen molar-refractivity contribution in [2.75, 3.05) is 21.1 Å². The molecule has 12 rings (SSSR count).